The molecule has 15 heavy (non-hydrogen) atoms. The Kier molecular flexibility index (Phi) is 2.75. The highest BCUT2D eigenvalue weighted by Crippen LogP contribution is 2.25. The number of nitrogens with two attached hydrogens (primary N) is 1. The van der Waals surface area contributed by atoms with E-state index < -0.39 is 0 Å². The summed E-state index contributed by atoms with van der Waals surface area (Å²) in [4.78, 5) is 9.34. The maximum Gasteiger partial charge on any atom is 0.142 e. The highest BCUT2D eigenvalue weighted by molar-refractivity contribution is 7.15. The van der Waals surface area contributed by atoms with Crippen LogP contribution < -0.4 is 5.73 Å². The van der Waals surface area contributed by atoms with Crippen LogP contribution >= 0.6 is 11.3 Å². The maximum atomic E-state index is 12.7. The highest BCUT2D eigenvalue weighted by atomic mass is 32.1. The first-order chi connectivity index (χ1) is 7.20. The maximum absolute atomic E-state index is 12.7. The highest BCUT2D eigenvalue weighted by Gasteiger charge is 2.08. The summed E-state index contributed by atoms with van der Waals surface area (Å²) in [7, 11) is 0. The van der Waals surface area contributed by atoms with E-state index in [1.54, 1.807) is 6.07 Å². The zero-order chi connectivity index (χ0) is 10.8. The van der Waals surface area contributed by atoms with E-state index >= 15 is 0 Å². The molecule has 0 atom stereocenters. The van der Waals surface area contributed by atoms with E-state index in [1.807, 2.05) is 6.92 Å². The lowest BCUT2D eigenvalue weighted by atomic mass is 10.3. The third-order valence-corrected chi connectivity index (χ3v) is 3.23. The minimum absolute atomic E-state index is 0.342. The lowest BCUT2D eigenvalue weighted by Crippen LogP contribution is -1.94. The van der Waals surface area contributed by atoms with Crippen molar-refractivity contribution < 1.29 is 4.39 Å². The molecule has 2 rings (SSSR count). The van der Waals surface area contributed by atoms with E-state index in [1.165, 1.54) is 23.6 Å². The molecule has 0 bridgehead atoms. The summed E-state index contributed by atoms with van der Waals surface area (Å²) in [5.74, 6) is -0.342. The third-order valence-electron chi connectivity index (χ3n) is 2.02. The summed E-state index contributed by atoms with van der Waals surface area (Å²) < 4.78 is 12.7. The van der Waals surface area contributed by atoms with Gasteiger partial charge in [0.15, 0.2) is 0 Å². The molecule has 0 aromatic carbocycles. The average Bonchev–Trinajstić information content (AvgIpc) is 2.61. The topological polar surface area (TPSA) is 51.8 Å². The number of hydrogen-bond donors (Lipinski definition) is 1. The molecule has 0 aliphatic rings. The van der Waals surface area contributed by atoms with Gasteiger partial charge in [-0.05, 0) is 19.1 Å². The van der Waals surface area contributed by atoms with Crippen LogP contribution in [-0.2, 0) is 6.54 Å². The molecule has 5 heteroatoms. The Morgan fingerprint density at radius 3 is 2.80 bits per heavy atom. The van der Waals surface area contributed by atoms with Gasteiger partial charge in [-0.25, -0.2) is 9.37 Å². The van der Waals surface area contributed by atoms with E-state index in [9.17, 15) is 4.39 Å². The van der Waals surface area contributed by atoms with Crippen molar-refractivity contribution in [3.63, 3.8) is 0 Å². The van der Waals surface area contributed by atoms with E-state index in [4.69, 9.17) is 5.73 Å². The number of rotatable bonds is 2. The van der Waals surface area contributed by atoms with Gasteiger partial charge >= 0.3 is 0 Å². The van der Waals surface area contributed by atoms with Gasteiger partial charge in [0.25, 0.3) is 0 Å². The largest absolute Gasteiger partial charge is 0.326 e. The minimum atomic E-state index is -0.342. The number of aryl methyl sites for hydroxylation is 1. The van der Waals surface area contributed by atoms with Crippen molar-refractivity contribution in [2.75, 3.05) is 0 Å². The zero-order valence-electron chi connectivity index (χ0n) is 8.20. The Balaban J connectivity index is 2.41. The van der Waals surface area contributed by atoms with Crippen LogP contribution in [0.3, 0.4) is 0 Å². The van der Waals surface area contributed by atoms with Crippen molar-refractivity contribution in [1.29, 1.82) is 0 Å². The van der Waals surface area contributed by atoms with Gasteiger partial charge in [0.2, 0.25) is 0 Å². The molecule has 2 aromatic heterocycles. The van der Waals surface area contributed by atoms with Crippen molar-refractivity contribution in [2.24, 2.45) is 5.73 Å². The molecule has 0 fully saturated rings. The second-order valence-electron chi connectivity index (χ2n) is 3.09. The lowest BCUT2D eigenvalue weighted by molar-refractivity contribution is 0.622. The number of hydrogen-bond acceptors (Lipinski definition) is 4. The Hall–Kier alpha value is -1.33. The normalized spacial score (nSPS) is 10.6. The number of halogens is 1. The quantitative estimate of drug-likeness (QED) is 0.848. The second-order valence-corrected chi connectivity index (χ2v) is 4.18. The summed E-state index contributed by atoms with van der Waals surface area (Å²) in [5.41, 5.74) is 7.16. The van der Waals surface area contributed by atoms with Crippen LogP contribution in [0.25, 0.3) is 10.7 Å². The number of pyridine rings is 1. The van der Waals surface area contributed by atoms with E-state index in [0.717, 1.165) is 15.6 Å². The van der Waals surface area contributed by atoms with E-state index in [-0.39, 0.29) is 5.82 Å². The van der Waals surface area contributed by atoms with Gasteiger partial charge in [-0.15, -0.1) is 11.3 Å². The summed E-state index contributed by atoms with van der Waals surface area (Å²) in [6.45, 7) is 2.39. The first kappa shape index (κ1) is 10.2. The molecule has 2 N–H and O–H groups in total. The number of nitrogens with zero attached hydrogens (tertiary/aromatic N) is 2. The monoisotopic (exact) mass is 223 g/mol. The van der Waals surface area contributed by atoms with Crippen LogP contribution in [0.1, 0.15) is 10.6 Å². The molecule has 0 amide bonds. The lowest BCUT2D eigenvalue weighted by Gasteiger charge is -1.93. The molecular weight excluding hydrogens is 213 g/mol. The smallest absolute Gasteiger partial charge is 0.142 e. The third kappa shape index (κ3) is 2.03. The molecule has 0 saturated heterocycles. The van der Waals surface area contributed by atoms with Crippen molar-refractivity contribution in [3.05, 3.63) is 34.7 Å². The van der Waals surface area contributed by atoms with Crippen LogP contribution in [0.2, 0.25) is 0 Å². The van der Waals surface area contributed by atoms with Crippen LogP contribution in [0.15, 0.2) is 18.3 Å². The van der Waals surface area contributed by atoms with Crippen molar-refractivity contribution in [2.45, 2.75) is 13.5 Å². The average molecular weight is 223 g/mol. The van der Waals surface area contributed by atoms with Gasteiger partial charge in [0, 0.05) is 11.4 Å². The predicted octanol–water partition coefficient (Wildman–Crippen LogP) is 2.11. The Labute approximate surface area is 90.8 Å². The SMILES string of the molecule is Cc1nc(-c2ccc(F)cn2)sc1CN. The van der Waals surface area contributed by atoms with E-state index in [0.29, 0.717) is 12.2 Å². The summed E-state index contributed by atoms with van der Waals surface area (Å²) in [6, 6.07) is 3.00. The summed E-state index contributed by atoms with van der Waals surface area (Å²) >= 11 is 1.50. The number of thiazole rings is 1. The van der Waals surface area contributed by atoms with E-state index in [2.05, 4.69) is 9.97 Å². The molecule has 3 nitrogen and oxygen atoms in total. The van der Waals surface area contributed by atoms with Gasteiger partial charge in [0.05, 0.1) is 17.6 Å². The fourth-order valence-electron chi connectivity index (χ4n) is 1.23. The molecule has 0 saturated carbocycles. The van der Waals surface area contributed by atoms with Gasteiger partial charge < -0.3 is 5.73 Å². The molecule has 0 radical (unpaired) electrons. The fourth-order valence-corrected chi connectivity index (χ4v) is 2.15. The van der Waals surface area contributed by atoms with Crippen molar-refractivity contribution in [1.82, 2.24) is 9.97 Å². The fraction of sp³-hybridized carbons (Fsp3) is 0.200. The predicted molar refractivity (Wildman–Crippen MR) is 57.9 cm³/mol. The number of aromatic nitrogens is 2. The first-order valence-corrected chi connectivity index (χ1v) is 5.30. The van der Waals surface area contributed by atoms with Crippen molar-refractivity contribution in [3.8, 4) is 10.7 Å². The summed E-state index contributed by atoms with van der Waals surface area (Å²) in [5, 5.41) is 0.785. The van der Waals surface area contributed by atoms with Crippen LogP contribution in [-0.4, -0.2) is 9.97 Å². The van der Waals surface area contributed by atoms with Crippen LogP contribution in [0.5, 0.6) is 0 Å². The van der Waals surface area contributed by atoms with Crippen LogP contribution in [0, 0.1) is 12.7 Å². The Morgan fingerprint density at radius 1 is 1.47 bits per heavy atom. The molecular formula is C10H10FN3S. The molecule has 0 spiro atoms. The Bertz CT molecular complexity index is 464. The molecule has 2 aromatic rings. The molecule has 0 aliphatic carbocycles. The van der Waals surface area contributed by atoms with Gasteiger partial charge in [0.1, 0.15) is 10.8 Å². The standard InChI is InChI=1S/C10H10FN3S/c1-6-9(4-12)15-10(14-6)8-3-2-7(11)5-13-8/h2-3,5H,4,12H2,1H3. The molecule has 78 valence electrons. The van der Waals surface area contributed by atoms with Crippen LogP contribution in [0.4, 0.5) is 4.39 Å². The minimum Gasteiger partial charge on any atom is -0.326 e. The molecule has 2 heterocycles. The first-order valence-electron chi connectivity index (χ1n) is 4.49. The van der Waals surface area contributed by atoms with Gasteiger partial charge in [-0.1, -0.05) is 0 Å². The Morgan fingerprint density at radius 2 is 2.27 bits per heavy atom. The zero-order valence-corrected chi connectivity index (χ0v) is 9.01. The summed E-state index contributed by atoms with van der Waals surface area (Å²) in [6.07, 6.45) is 1.19. The molecule has 0 unspecified atom stereocenters. The second kappa shape index (κ2) is 4.04. The van der Waals surface area contributed by atoms with Gasteiger partial charge in [-0.3, -0.25) is 4.98 Å². The molecule has 0 aliphatic heterocycles. The van der Waals surface area contributed by atoms with Crippen molar-refractivity contribution >= 4 is 11.3 Å². The van der Waals surface area contributed by atoms with Gasteiger partial charge in [-0.2, -0.15) is 0 Å².